The summed E-state index contributed by atoms with van der Waals surface area (Å²) in [7, 11) is 0. The summed E-state index contributed by atoms with van der Waals surface area (Å²) in [6.07, 6.45) is 0.147. The molecule has 0 amide bonds. The van der Waals surface area contributed by atoms with Crippen molar-refractivity contribution in [1.29, 1.82) is 0 Å². The summed E-state index contributed by atoms with van der Waals surface area (Å²) in [6.45, 7) is 6.02. The van der Waals surface area contributed by atoms with Crippen LogP contribution < -0.4 is 11.1 Å². The molecule has 0 spiro atoms. The van der Waals surface area contributed by atoms with E-state index in [1.54, 1.807) is 0 Å². The monoisotopic (exact) mass is 265 g/mol. The maximum absolute atomic E-state index is 8.87. The quantitative estimate of drug-likeness (QED) is 0.288. The van der Waals surface area contributed by atoms with Gasteiger partial charge in [0.1, 0.15) is 5.84 Å². The van der Waals surface area contributed by atoms with Gasteiger partial charge in [-0.05, 0) is 19.4 Å². The lowest BCUT2D eigenvalue weighted by atomic mass is 9.98. The fraction of sp³-hybridized carbons (Fsp3) is 0.500. The Labute approximate surface area is 114 Å². The van der Waals surface area contributed by atoms with E-state index in [9.17, 15) is 0 Å². The molecule has 0 saturated carbocycles. The first-order valence-corrected chi connectivity index (χ1v) is 6.53. The highest BCUT2D eigenvalue weighted by Gasteiger charge is 2.16. The van der Waals surface area contributed by atoms with Gasteiger partial charge in [-0.1, -0.05) is 35.5 Å². The summed E-state index contributed by atoms with van der Waals surface area (Å²) in [4.78, 5) is 0. The Morgan fingerprint density at radius 1 is 1.37 bits per heavy atom. The zero-order chi connectivity index (χ0) is 14.1. The number of nitrogens with one attached hydrogen (secondary N) is 1. The van der Waals surface area contributed by atoms with Crippen molar-refractivity contribution >= 4 is 5.84 Å². The molecule has 0 aliphatic rings. The van der Waals surface area contributed by atoms with E-state index in [0.717, 1.165) is 12.1 Å². The van der Waals surface area contributed by atoms with Crippen molar-refractivity contribution in [3.63, 3.8) is 0 Å². The van der Waals surface area contributed by atoms with Crippen LogP contribution >= 0.6 is 0 Å². The molecule has 106 valence electrons. The van der Waals surface area contributed by atoms with Gasteiger partial charge in [-0.3, -0.25) is 0 Å². The summed E-state index contributed by atoms with van der Waals surface area (Å²) < 4.78 is 5.44. The normalized spacial score (nSPS) is 15.2. The Kier molecular flexibility index (Phi) is 6.92. The first kappa shape index (κ1) is 15.5. The van der Waals surface area contributed by atoms with Gasteiger partial charge < -0.3 is 21.0 Å². The Bertz CT molecular complexity index is 382. The zero-order valence-electron chi connectivity index (χ0n) is 11.5. The highest BCUT2D eigenvalue weighted by molar-refractivity contribution is 5.87. The molecule has 2 unspecified atom stereocenters. The molecule has 1 rings (SSSR count). The van der Waals surface area contributed by atoms with Gasteiger partial charge in [-0.2, -0.15) is 0 Å². The van der Waals surface area contributed by atoms with Gasteiger partial charge in [0.25, 0.3) is 0 Å². The molecule has 0 aromatic heterocycles. The average molecular weight is 265 g/mol. The lowest BCUT2D eigenvalue weighted by Crippen LogP contribution is -2.35. The van der Waals surface area contributed by atoms with E-state index in [2.05, 4.69) is 10.5 Å². The van der Waals surface area contributed by atoms with E-state index in [-0.39, 0.29) is 17.9 Å². The Morgan fingerprint density at radius 3 is 2.63 bits per heavy atom. The van der Waals surface area contributed by atoms with E-state index >= 15 is 0 Å². The molecule has 5 nitrogen and oxygen atoms in total. The third kappa shape index (κ3) is 5.28. The number of nitrogens with two attached hydrogens (primary N) is 1. The molecule has 0 radical (unpaired) electrons. The third-order valence-corrected chi connectivity index (χ3v) is 2.91. The van der Waals surface area contributed by atoms with E-state index in [1.165, 1.54) is 0 Å². The number of benzene rings is 1. The summed E-state index contributed by atoms with van der Waals surface area (Å²) in [5, 5.41) is 15.3. The van der Waals surface area contributed by atoms with Gasteiger partial charge in [0.2, 0.25) is 0 Å². The number of hydrogen-bond acceptors (Lipinski definition) is 4. The first-order valence-electron chi connectivity index (χ1n) is 6.53. The van der Waals surface area contributed by atoms with Crippen LogP contribution in [0.3, 0.4) is 0 Å². The number of hydrogen-bond donors (Lipinski definition) is 3. The number of nitrogens with zero attached hydrogens (tertiary/aromatic N) is 1. The standard InChI is InChI=1S/C14H23N3O2/c1-3-19-11(2)9-16-10-13(14(15)17-18)12-7-5-4-6-8-12/h4-8,11,13,16,18H,3,9-10H2,1-2H3,(H2,15,17). The van der Waals surface area contributed by atoms with Crippen LogP contribution in [0.1, 0.15) is 25.3 Å². The summed E-state index contributed by atoms with van der Waals surface area (Å²) >= 11 is 0. The van der Waals surface area contributed by atoms with Gasteiger partial charge in [0.05, 0.1) is 12.0 Å². The van der Waals surface area contributed by atoms with Crippen molar-refractivity contribution < 1.29 is 9.94 Å². The largest absolute Gasteiger partial charge is 0.409 e. The van der Waals surface area contributed by atoms with Crippen molar-refractivity contribution in [2.45, 2.75) is 25.9 Å². The van der Waals surface area contributed by atoms with Gasteiger partial charge in [0, 0.05) is 19.7 Å². The maximum Gasteiger partial charge on any atom is 0.147 e. The van der Waals surface area contributed by atoms with Crippen LogP contribution in [0, 0.1) is 0 Å². The fourth-order valence-corrected chi connectivity index (χ4v) is 1.92. The molecule has 0 aliphatic carbocycles. The molecule has 0 aliphatic heterocycles. The average Bonchev–Trinajstić information content (AvgIpc) is 2.44. The highest BCUT2D eigenvalue weighted by Crippen LogP contribution is 2.14. The van der Waals surface area contributed by atoms with Crippen LogP contribution in [-0.2, 0) is 4.74 Å². The molecule has 0 bridgehead atoms. The molecular weight excluding hydrogens is 242 g/mol. The van der Waals surface area contributed by atoms with E-state index in [0.29, 0.717) is 13.2 Å². The first-order chi connectivity index (χ1) is 9.19. The van der Waals surface area contributed by atoms with Crippen LogP contribution in [0.25, 0.3) is 0 Å². The van der Waals surface area contributed by atoms with Crippen LogP contribution in [0.4, 0.5) is 0 Å². The molecular formula is C14H23N3O2. The van der Waals surface area contributed by atoms with Crippen molar-refractivity contribution in [2.75, 3.05) is 19.7 Å². The van der Waals surface area contributed by atoms with E-state index < -0.39 is 0 Å². The third-order valence-electron chi connectivity index (χ3n) is 2.91. The summed E-state index contributed by atoms with van der Waals surface area (Å²) in [5.41, 5.74) is 6.78. The second kappa shape index (κ2) is 8.50. The van der Waals surface area contributed by atoms with Crippen LogP contribution in [0.5, 0.6) is 0 Å². The Hall–Kier alpha value is -1.59. The molecule has 1 aromatic rings. The van der Waals surface area contributed by atoms with E-state index in [4.69, 9.17) is 15.7 Å². The molecule has 2 atom stereocenters. The SMILES string of the molecule is CCOC(C)CNCC(/C(N)=N/O)c1ccccc1. The fourth-order valence-electron chi connectivity index (χ4n) is 1.92. The lowest BCUT2D eigenvalue weighted by molar-refractivity contribution is 0.0762. The van der Waals surface area contributed by atoms with Gasteiger partial charge in [-0.15, -0.1) is 0 Å². The number of ether oxygens (including phenoxy) is 1. The predicted octanol–water partition coefficient (Wildman–Crippen LogP) is 1.53. The maximum atomic E-state index is 8.87. The van der Waals surface area contributed by atoms with Crippen LogP contribution in [-0.4, -0.2) is 36.8 Å². The predicted molar refractivity (Wildman–Crippen MR) is 76.5 cm³/mol. The number of amidine groups is 1. The topological polar surface area (TPSA) is 79.9 Å². The minimum atomic E-state index is -0.139. The smallest absolute Gasteiger partial charge is 0.147 e. The molecule has 1 aromatic carbocycles. The van der Waals surface area contributed by atoms with Gasteiger partial charge in [-0.25, -0.2) is 0 Å². The summed E-state index contributed by atoms with van der Waals surface area (Å²) in [6, 6.07) is 9.76. The van der Waals surface area contributed by atoms with Crippen molar-refractivity contribution in [2.24, 2.45) is 10.9 Å². The molecule has 0 saturated heterocycles. The number of oxime groups is 1. The molecule has 5 heteroatoms. The van der Waals surface area contributed by atoms with Crippen molar-refractivity contribution in [3.8, 4) is 0 Å². The minimum absolute atomic E-state index is 0.139. The van der Waals surface area contributed by atoms with Crippen LogP contribution in [0.2, 0.25) is 0 Å². The van der Waals surface area contributed by atoms with Gasteiger partial charge in [0.15, 0.2) is 0 Å². The molecule has 0 heterocycles. The molecule has 19 heavy (non-hydrogen) atoms. The van der Waals surface area contributed by atoms with Crippen LogP contribution in [0.15, 0.2) is 35.5 Å². The molecule has 0 fully saturated rings. The Morgan fingerprint density at radius 2 is 2.05 bits per heavy atom. The van der Waals surface area contributed by atoms with Crippen molar-refractivity contribution in [3.05, 3.63) is 35.9 Å². The second-order valence-electron chi connectivity index (χ2n) is 4.41. The zero-order valence-corrected chi connectivity index (χ0v) is 11.5. The van der Waals surface area contributed by atoms with Gasteiger partial charge >= 0.3 is 0 Å². The second-order valence-corrected chi connectivity index (χ2v) is 4.41. The van der Waals surface area contributed by atoms with Crippen molar-refractivity contribution in [1.82, 2.24) is 5.32 Å². The number of rotatable bonds is 8. The Balaban J connectivity index is 2.57. The minimum Gasteiger partial charge on any atom is -0.409 e. The van der Waals surface area contributed by atoms with E-state index in [1.807, 2.05) is 44.2 Å². The lowest BCUT2D eigenvalue weighted by Gasteiger charge is -2.18. The molecule has 4 N–H and O–H groups in total. The summed E-state index contributed by atoms with van der Waals surface area (Å²) in [5.74, 6) is 0.0720. The highest BCUT2D eigenvalue weighted by atomic mass is 16.5.